The second-order valence-electron chi connectivity index (χ2n) is 9.65. The number of ether oxygens (including phenoxy) is 2. The lowest BCUT2D eigenvalue weighted by Gasteiger charge is -2.19. The van der Waals surface area contributed by atoms with Crippen molar-refractivity contribution in [3.63, 3.8) is 0 Å². The Labute approximate surface area is 236 Å². The van der Waals surface area contributed by atoms with Crippen molar-refractivity contribution in [2.75, 3.05) is 26.4 Å². The van der Waals surface area contributed by atoms with E-state index in [1.54, 1.807) is 12.2 Å². The fourth-order valence-corrected chi connectivity index (χ4v) is 4.42. The maximum Gasteiger partial charge on any atom is 0.472 e. The van der Waals surface area contributed by atoms with E-state index in [1.165, 1.54) is 64.2 Å². The van der Waals surface area contributed by atoms with Gasteiger partial charge in [0, 0.05) is 6.54 Å². The zero-order valence-corrected chi connectivity index (χ0v) is 25.3. The van der Waals surface area contributed by atoms with E-state index in [4.69, 9.17) is 24.3 Å². The number of phosphoric acid groups is 1. The molecule has 228 valence electrons. The van der Waals surface area contributed by atoms with Crippen LogP contribution in [0.5, 0.6) is 0 Å². The Kier molecular flexibility index (Phi) is 25.7. The van der Waals surface area contributed by atoms with Gasteiger partial charge in [-0.3, -0.25) is 18.6 Å². The first-order valence-corrected chi connectivity index (χ1v) is 16.3. The molecule has 0 saturated heterocycles. The highest BCUT2D eigenvalue weighted by Crippen LogP contribution is 2.43. The Bertz CT molecular complexity index is 713. The minimum Gasteiger partial charge on any atom is -0.461 e. The monoisotopic (exact) mass is 575 g/mol. The van der Waals surface area contributed by atoms with E-state index in [2.05, 4.69) is 13.8 Å². The average molecular weight is 576 g/mol. The fourth-order valence-electron chi connectivity index (χ4n) is 3.66. The number of unbranched alkanes of at least 4 members (excludes halogenated alkanes) is 12. The summed E-state index contributed by atoms with van der Waals surface area (Å²) in [6.07, 6.45) is 22.8. The molecular formula is C29H54NO8P. The maximum absolute atomic E-state index is 12.3. The third kappa shape index (κ3) is 26.5. The molecule has 2 atom stereocenters. The molecule has 0 saturated carbocycles. The number of hydrogen-bond acceptors (Lipinski definition) is 8. The van der Waals surface area contributed by atoms with Gasteiger partial charge in [-0.1, -0.05) is 102 Å². The minimum atomic E-state index is -4.37. The molecule has 1 unspecified atom stereocenters. The number of esters is 2. The third-order valence-corrected chi connectivity index (χ3v) is 6.86. The Hall–Kier alpha value is -1.51. The molecule has 0 aromatic heterocycles. The van der Waals surface area contributed by atoms with Gasteiger partial charge >= 0.3 is 19.8 Å². The predicted molar refractivity (Wildman–Crippen MR) is 155 cm³/mol. The molecule has 0 aromatic carbocycles. The number of nitrogens with two attached hydrogens (primary N) is 1. The van der Waals surface area contributed by atoms with Crippen LogP contribution in [0.15, 0.2) is 24.3 Å². The van der Waals surface area contributed by atoms with E-state index < -0.39 is 32.5 Å². The first kappa shape index (κ1) is 37.5. The summed E-state index contributed by atoms with van der Waals surface area (Å²) >= 11 is 0. The highest BCUT2D eigenvalue weighted by molar-refractivity contribution is 7.47. The molecule has 0 aliphatic heterocycles. The smallest absolute Gasteiger partial charge is 0.461 e. The van der Waals surface area contributed by atoms with E-state index >= 15 is 0 Å². The zero-order valence-electron chi connectivity index (χ0n) is 24.4. The number of allylic oxidation sites excluding steroid dienone is 2. The highest BCUT2D eigenvalue weighted by Gasteiger charge is 2.25. The van der Waals surface area contributed by atoms with Crippen LogP contribution in [0.25, 0.3) is 0 Å². The maximum atomic E-state index is 12.3. The van der Waals surface area contributed by atoms with Gasteiger partial charge in [-0.05, 0) is 25.7 Å². The molecular weight excluding hydrogens is 521 g/mol. The molecule has 0 rings (SSSR count). The van der Waals surface area contributed by atoms with Crippen LogP contribution in [-0.2, 0) is 32.7 Å². The molecule has 0 spiro atoms. The SMILES string of the molecule is CCCCCCCC/C=C\CC(=O)OC[C@H](COP(=O)(O)OCCN)OC(=O)C/C=C\CCCCCCCC. The molecule has 0 aliphatic carbocycles. The van der Waals surface area contributed by atoms with Crippen molar-refractivity contribution >= 4 is 19.8 Å². The number of hydrogen-bond donors (Lipinski definition) is 2. The van der Waals surface area contributed by atoms with E-state index in [9.17, 15) is 19.0 Å². The second kappa shape index (κ2) is 26.7. The van der Waals surface area contributed by atoms with Gasteiger partial charge in [0.25, 0.3) is 0 Å². The summed E-state index contributed by atoms with van der Waals surface area (Å²) in [5.74, 6) is -1.03. The largest absolute Gasteiger partial charge is 0.472 e. The normalized spacial score (nSPS) is 14.1. The molecule has 10 heteroatoms. The van der Waals surface area contributed by atoms with Crippen molar-refractivity contribution in [2.24, 2.45) is 5.73 Å². The second-order valence-corrected chi connectivity index (χ2v) is 11.1. The van der Waals surface area contributed by atoms with Crippen LogP contribution < -0.4 is 5.73 Å². The van der Waals surface area contributed by atoms with Crippen molar-refractivity contribution < 1.29 is 37.6 Å². The lowest BCUT2D eigenvalue weighted by atomic mass is 10.1. The quantitative estimate of drug-likeness (QED) is 0.0463. The van der Waals surface area contributed by atoms with Crippen molar-refractivity contribution in [2.45, 2.75) is 123 Å². The molecule has 0 fully saturated rings. The lowest BCUT2D eigenvalue weighted by molar-refractivity contribution is -0.160. The van der Waals surface area contributed by atoms with Crippen LogP contribution in [0.3, 0.4) is 0 Å². The first-order valence-electron chi connectivity index (χ1n) is 14.8. The van der Waals surface area contributed by atoms with Crippen LogP contribution >= 0.6 is 7.82 Å². The van der Waals surface area contributed by atoms with Crippen LogP contribution in [0.1, 0.15) is 117 Å². The summed E-state index contributed by atoms with van der Waals surface area (Å²) < 4.78 is 32.1. The van der Waals surface area contributed by atoms with E-state index in [-0.39, 0.29) is 32.6 Å². The summed E-state index contributed by atoms with van der Waals surface area (Å²) in [7, 11) is -4.37. The number of phosphoric ester groups is 1. The van der Waals surface area contributed by atoms with E-state index in [0.29, 0.717) is 0 Å². The Morgan fingerprint density at radius 3 is 1.79 bits per heavy atom. The van der Waals surface area contributed by atoms with Gasteiger partial charge in [0.2, 0.25) is 0 Å². The van der Waals surface area contributed by atoms with Gasteiger partial charge in [0.05, 0.1) is 26.1 Å². The molecule has 0 radical (unpaired) electrons. The summed E-state index contributed by atoms with van der Waals surface area (Å²) in [5, 5.41) is 0. The Morgan fingerprint density at radius 2 is 1.26 bits per heavy atom. The van der Waals surface area contributed by atoms with Crippen molar-refractivity contribution in [1.29, 1.82) is 0 Å². The van der Waals surface area contributed by atoms with Crippen LogP contribution in [0.4, 0.5) is 0 Å². The van der Waals surface area contributed by atoms with Gasteiger partial charge < -0.3 is 20.1 Å². The topological polar surface area (TPSA) is 134 Å². The number of rotatable bonds is 27. The summed E-state index contributed by atoms with van der Waals surface area (Å²) in [6, 6.07) is 0. The van der Waals surface area contributed by atoms with Crippen molar-refractivity contribution in [1.82, 2.24) is 0 Å². The Morgan fingerprint density at radius 1 is 0.744 bits per heavy atom. The zero-order chi connectivity index (χ0) is 29.0. The average Bonchev–Trinajstić information content (AvgIpc) is 2.91. The number of carbonyl (C=O) groups excluding carboxylic acids is 2. The molecule has 3 N–H and O–H groups in total. The van der Waals surface area contributed by atoms with Gasteiger partial charge in [0.1, 0.15) is 6.61 Å². The first-order chi connectivity index (χ1) is 18.8. The third-order valence-electron chi connectivity index (χ3n) is 5.88. The van der Waals surface area contributed by atoms with Crippen LogP contribution in [0, 0.1) is 0 Å². The van der Waals surface area contributed by atoms with Gasteiger partial charge in [0.15, 0.2) is 6.10 Å². The van der Waals surface area contributed by atoms with Gasteiger partial charge in [-0.25, -0.2) is 4.57 Å². The molecule has 9 nitrogen and oxygen atoms in total. The van der Waals surface area contributed by atoms with Gasteiger partial charge in [-0.2, -0.15) is 0 Å². The van der Waals surface area contributed by atoms with Crippen LogP contribution in [0.2, 0.25) is 0 Å². The van der Waals surface area contributed by atoms with Crippen molar-refractivity contribution in [3.05, 3.63) is 24.3 Å². The standard InChI is InChI=1S/C29H54NO8P/c1-3-5-7-9-11-13-15-17-19-21-28(31)35-25-27(26-37-39(33,34)36-24-23-30)38-29(32)22-20-18-16-14-12-10-8-6-4-2/h17-20,27H,3-16,21-26,30H2,1-2H3,(H,33,34)/b19-17-,20-18-/t27-/m1/s1. The van der Waals surface area contributed by atoms with E-state index in [0.717, 1.165) is 25.7 Å². The fraction of sp³-hybridized carbons (Fsp3) is 0.793. The van der Waals surface area contributed by atoms with Crippen LogP contribution in [-0.4, -0.2) is 49.3 Å². The highest BCUT2D eigenvalue weighted by atomic mass is 31.2. The van der Waals surface area contributed by atoms with Gasteiger partial charge in [-0.15, -0.1) is 0 Å². The lowest BCUT2D eigenvalue weighted by Crippen LogP contribution is -2.29. The molecule has 0 bridgehead atoms. The van der Waals surface area contributed by atoms with E-state index in [1.807, 2.05) is 12.2 Å². The summed E-state index contributed by atoms with van der Waals surface area (Å²) in [4.78, 5) is 34.2. The van der Waals surface area contributed by atoms with Crippen molar-refractivity contribution in [3.8, 4) is 0 Å². The number of carbonyl (C=O) groups is 2. The Balaban J connectivity index is 4.50. The summed E-state index contributed by atoms with van der Waals surface area (Å²) in [5.41, 5.74) is 5.28. The molecule has 0 aromatic rings. The molecule has 0 heterocycles. The summed E-state index contributed by atoms with van der Waals surface area (Å²) in [6.45, 7) is 3.50. The molecule has 0 amide bonds. The molecule has 0 aliphatic rings. The molecule has 39 heavy (non-hydrogen) atoms. The minimum absolute atomic E-state index is 0.0430. The predicted octanol–water partition coefficient (Wildman–Crippen LogP) is 6.93.